The van der Waals surface area contributed by atoms with Crippen molar-refractivity contribution < 1.29 is 4.42 Å². The highest BCUT2D eigenvalue weighted by atomic mass is 79.9. The van der Waals surface area contributed by atoms with Gasteiger partial charge in [0.05, 0.1) is 6.20 Å². The third-order valence-corrected chi connectivity index (χ3v) is 2.00. The van der Waals surface area contributed by atoms with E-state index in [1.807, 2.05) is 6.20 Å². The summed E-state index contributed by atoms with van der Waals surface area (Å²) in [5.41, 5.74) is 0.0670. The van der Waals surface area contributed by atoms with Crippen molar-refractivity contribution >= 4 is 15.9 Å². The molecule has 2 nitrogen and oxygen atoms in total. The number of hydrogen-bond acceptors (Lipinski definition) is 2. The molecule has 0 unspecified atom stereocenters. The molecule has 0 saturated carbocycles. The first-order chi connectivity index (χ1) is 5.54. The zero-order valence-electron chi connectivity index (χ0n) is 7.72. The molecule has 0 fully saturated rings. The SMILES string of the molecule is CC(C)(C)c1cnc(CCBr)o1. The van der Waals surface area contributed by atoms with Gasteiger partial charge in [0.25, 0.3) is 0 Å². The van der Waals surface area contributed by atoms with Gasteiger partial charge >= 0.3 is 0 Å². The Bertz CT molecular complexity index is 249. The Hall–Kier alpha value is -0.310. The predicted octanol–water partition coefficient (Wildman–Crippen LogP) is 2.91. The Labute approximate surface area is 81.5 Å². The Kier molecular flexibility index (Phi) is 2.94. The summed E-state index contributed by atoms with van der Waals surface area (Å²) in [6.45, 7) is 6.35. The molecule has 1 aromatic heterocycles. The van der Waals surface area contributed by atoms with E-state index in [4.69, 9.17) is 4.42 Å². The first-order valence-electron chi connectivity index (χ1n) is 4.05. The minimum Gasteiger partial charge on any atom is -0.445 e. The molecule has 0 spiro atoms. The second-order valence-electron chi connectivity index (χ2n) is 3.81. The lowest BCUT2D eigenvalue weighted by Crippen LogP contribution is -2.09. The maximum Gasteiger partial charge on any atom is 0.195 e. The Morgan fingerprint density at radius 2 is 2.17 bits per heavy atom. The summed E-state index contributed by atoms with van der Waals surface area (Å²) in [4.78, 5) is 4.18. The average molecular weight is 232 g/mol. The van der Waals surface area contributed by atoms with Crippen molar-refractivity contribution in [3.63, 3.8) is 0 Å². The number of hydrogen-bond donors (Lipinski definition) is 0. The third-order valence-electron chi connectivity index (χ3n) is 1.60. The van der Waals surface area contributed by atoms with Gasteiger partial charge in [-0.1, -0.05) is 36.7 Å². The Balaban J connectivity index is 2.77. The average Bonchev–Trinajstić information content (AvgIpc) is 2.35. The van der Waals surface area contributed by atoms with E-state index < -0.39 is 0 Å². The fourth-order valence-corrected chi connectivity index (χ4v) is 1.19. The highest BCUT2D eigenvalue weighted by Crippen LogP contribution is 2.22. The third kappa shape index (κ3) is 2.34. The van der Waals surface area contributed by atoms with Crippen molar-refractivity contribution in [1.29, 1.82) is 0 Å². The van der Waals surface area contributed by atoms with E-state index in [9.17, 15) is 0 Å². The van der Waals surface area contributed by atoms with Crippen LogP contribution in [-0.2, 0) is 11.8 Å². The van der Waals surface area contributed by atoms with Crippen molar-refractivity contribution in [2.24, 2.45) is 0 Å². The molecular weight excluding hydrogens is 218 g/mol. The molecule has 0 atom stereocenters. The summed E-state index contributed by atoms with van der Waals surface area (Å²) < 4.78 is 5.55. The van der Waals surface area contributed by atoms with Crippen LogP contribution in [0.5, 0.6) is 0 Å². The molecular formula is C9H14BrNO. The van der Waals surface area contributed by atoms with Crippen LogP contribution in [0.15, 0.2) is 10.6 Å². The van der Waals surface area contributed by atoms with Crippen LogP contribution in [0, 0.1) is 0 Å². The number of oxazole rings is 1. The van der Waals surface area contributed by atoms with Gasteiger partial charge in [-0.25, -0.2) is 4.98 Å². The van der Waals surface area contributed by atoms with E-state index in [2.05, 4.69) is 41.7 Å². The Morgan fingerprint density at radius 3 is 2.58 bits per heavy atom. The number of nitrogens with zero attached hydrogens (tertiary/aromatic N) is 1. The molecule has 1 heterocycles. The van der Waals surface area contributed by atoms with E-state index in [1.54, 1.807) is 0 Å². The smallest absolute Gasteiger partial charge is 0.195 e. The molecule has 0 bridgehead atoms. The van der Waals surface area contributed by atoms with E-state index in [0.717, 1.165) is 23.4 Å². The molecule has 68 valence electrons. The van der Waals surface area contributed by atoms with Gasteiger partial charge in [-0.05, 0) is 0 Å². The minimum atomic E-state index is 0.0670. The van der Waals surface area contributed by atoms with Crippen LogP contribution in [0.25, 0.3) is 0 Å². The van der Waals surface area contributed by atoms with Gasteiger partial charge in [0.15, 0.2) is 5.89 Å². The van der Waals surface area contributed by atoms with Crippen LogP contribution in [0.2, 0.25) is 0 Å². The van der Waals surface area contributed by atoms with Gasteiger partial charge in [-0.3, -0.25) is 0 Å². The normalized spacial score (nSPS) is 12.0. The number of halogens is 1. The molecule has 0 amide bonds. The van der Waals surface area contributed by atoms with Crippen molar-refractivity contribution in [2.45, 2.75) is 32.6 Å². The highest BCUT2D eigenvalue weighted by molar-refractivity contribution is 9.09. The summed E-state index contributed by atoms with van der Waals surface area (Å²) in [7, 11) is 0. The van der Waals surface area contributed by atoms with E-state index in [1.165, 1.54) is 0 Å². The van der Waals surface area contributed by atoms with E-state index in [0.29, 0.717) is 0 Å². The van der Waals surface area contributed by atoms with E-state index >= 15 is 0 Å². The summed E-state index contributed by atoms with van der Waals surface area (Å²) in [5.74, 6) is 1.77. The number of aryl methyl sites for hydroxylation is 1. The van der Waals surface area contributed by atoms with Gasteiger partial charge < -0.3 is 4.42 Å². The zero-order valence-corrected chi connectivity index (χ0v) is 9.31. The van der Waals surface area contributed by atoms with Crippen molar-refractivity contribution in [2.75, 3.05) is 5.33 Å². The van der Waals surface area contributed by atoms with Crippen LogP contribution < -0.4 is 0 Å². The molecule has 1 rings (SSSR count). The molecule has 0 aliphatic carbocycles. The molecule has 1 aromatic rings. The summed E-state index contributed by atoms with van der Waals surface area (Å²) in [6, 6.07) is 0. The van der Waals surface area contributed by atoms with Crippen molar-refractivity contribution in [3.8, 4) is 0 Å². The summed E-state index contributed by atoms with van der Waals surface area (Å²) in [5, 5.41) is 0.900. The minimum absolute atomic E-state index is 0.0670. The first-order valence-corrected chi connectivity index (χ1v) is 5.17. The van der Waals surface area contributed by atoms with Crippen LogP contribution >= 0.6 is 15.9 Å². The maximum absolute atomic E-state index is 5.55. The van der Waals surface area contributed by atoms with Gasteiger partial charge in [0.2, 0.25) is 0 Å². The molecule has 3 heteroatoms. The first kappa shape index (κ1) is 9.78. The largest absolute Gasteiger partial charge is 0.445 e. The van der Waals surface area contributed by atoms with Gasteiger partial charge in [0, 0.05) is 17.2 Å². The molecule has 0 saturated heterocycles. The maximum atomic E-state index is 5.55. The van der Waals surface area contributed by atoms with Crippen LogP contribution in [-0.4, -0.2) is 10.3 Å². The standard InChI is InChI=1S/C9H14BrNO/c1-9(2,3)7-6-11-8(12-7)4-5-10/h6H,4-5H2,1-3H3. The Morgan fingerprint density at radius 1 is 1.50 bits per heavy atom. The zero-order chi connectivity index (χ0) is 9.19. The predicted molar refractivity (Wildman–Crippen MR) is 52.7 cm³/mol. The number of rotatable bonds is 2. The lowest BCUT2D eigenvalue weighted by Gasteiger charge is -2.12. The van der Waals surface area contributed by atoms with Gasteiger partial charge in [0.1, 0.15) is 5.76 Å². The topological polar surface area (TPSA) is 26.0 Å². The van der Waals surface area contributed by atoms with Crippen molar-refractivity contribution in [1.82, 2.24) is 4.98 Å². The summed E-state index contributed by atoms with van der Waals surface area (Å²) in [6.07, 6.45) is 2.67. The monoisotopic (exact) mass is 231 g/mol. The quantitative estimate of drug-likeness (QED) is 0.732. The summed E-state index contributed by atoms with van der Waals surface area (Å²) >= 11 is 3.35. The lowest BCUT2D eigenvalue weighted by molar-refractivity contribution is 0.385. The fourth-order valence-electron chi connectivity index (χ4n) is 0.853. The second-order valence-corrected chi connectivity index (χ2v) is 4.60. The highest BCUT2D eigenvalue weighted by Gasteiger charge is 2.18. The fraction of sp³-hybridized carbons (Fsp3) is 0.667. The second kappa shape index (κ2) is 3.60. The molecule has 12 heavy (non-hydrogen) atoms. The molecule has 0 radical (unpaired) electrons. The molecule has 0 aliphatic rings. The van der Waals surface area contributed by atoms with Crippen molar-refractivity contribution in [3.05, 3.63) is 17.8 Å². The number of aromatic nitrogens is 1. The lowest BCUT2D eigenvalue weighted by atomic mass is 9.94. The van der Waals surface area contributed by atoms with Gasteiger partial charge in [-0.15, -0.1) is 0 Å². The van der Waals surface area contributed by atoms with Crippen LogP contribution in [0.3, 0.4) is 0 Å². The number of alkyl halides is 1. The molecule has 0 N–H and O–H groups in total. The van der Waals surface area contributed by atoms with Gasteiger partial charge in [-0.2, -0.15) is 0 Å². The molecule has 0 aliphatic heterocycles. The van der Waals surface area contributed by atoms with Crippen LogP contribution in [0.1, 0.15) is 32.4 Å². The van der Waals surface area contributed by atoms with E-state index in [-0.39, 0.29) is 5.41 Å². The molecule has 0 aromatic carbocycles. The van der Waals surface area contributed by atoms with Crippen LogP contribution in [0.4, 0.5) is 0 Å².